The molecule has 0 saturated heterocycles. The van der Waals surface area contributed by atoms with Gasteiger partial charge in [0, 0.05) is 58.3 Å². The highest BCUT2D eigenvalue weighted by atomic mass is 16.4. The molecule has 0 aliphatic heterocycles. The molecule has 6 heterocycles. The first-order valence-electron chi connectivity index (χ1n) is 18.0. The van der Waals surface area contributed by atoms with Gasteiger partial charge in [-0.2, -0.15) is 10.5 Å². The Hall–Kier alpha value is -7.04. The third kappa shape index (κ3) is 6.57. The van der Waals surface area contributed by atoms with Crippen molar-refractivity contribution in [3.05, 3.63) is 132 Å². The van der Waals surface area contributed by atoms with Crippen molar-refractivity contribution in [2.45, 2.75) is 39.0 Å². The topological polar surface area (TPSA) is 151 Å². The lowest BCUT2D eigenvalue weighted by molar-refractivity contribution is 0.449. The third-order valence-electron chi connectivity index (χ3n) is 9.90. The molecule has 10 heteroatoms. The number of oxazole rings is 2. The lowest BCUT2D eigenvalue weighted by Gasteiger charge is -2.13. The van der Waals surface area contributed by atoms with Crippen LogP contribution in [-0.4, -0.2) is 29.9 Å². The molecule has 54 heavy (non-hydrogen) atoms. The number of aromatic nitrogens is 6. The van der Waals surface area contributed by atoms with E-state index in [1.165, 1.54) is 12.8 Å². The lowest BCUT2D eigenvalue weighted by Crippen LogP contribution is -2.05. The Labute approximate surface area is 310 Å². The fourth-order valence-corrected chi connectivity index (χ4v) is 7.00. The van der Waals surface area contributed by atoms with Gasteiger partial charge in [-0.1, -0.05) is 37.3 Å². The lowest BCUT2D eigenvalue weighted by atomic mass is 9.94. The van der Waals surface area contributed by atoms with Crippen molar-refractivity contribution in [2.75, 3.05) is 0 Å². The second-order valence-corrected chi connectivity index (χ2v) is 13.9. The molecule has 0 amide bonds. The van der Waals surface area contributed by atoms with Crippen molar-refractivity contribution in [3.8, 4) is 57.3 Å². The van der Waals surface area contributed by atoms with Crippen molar-refractivity contribution in [1.82, 2.24) is 29.9 Å². The van der Waals surface area contributed by atoms with Crippen LogP contribution in [0.1, 0.15) is 48.5 Å². The summed E-state index contributed by atoms with van der Waals surface area (Å²) in [5.41, 5.74) is 8.01. The Morgan fingerprint density at radius 3 is 2.04 bits per heavy atom. The zero-order valence-electron chi connectivity index (χ0n) is 29.4. The van der Waals surface area contributed by atoms with Crippen LogP contribution in [0, 0.1) is 34.5 Å². The van der Waals surface area contributed by atoms with E-state index in [1.54, 1.807) is 30.7 Å². The Kier molecular flexibility index (Phi) is 8.41. The summed E-state index contributed by atoms with van der Waals surface area (Å²) < 4.78 is 12.5. The Morgan fingerprint density at radius 2 is 1.33 bits per heavy atom. The molecular weight excluding hydrogens is 673 g/mol. The molecule has 8 aromatic rings. The molecule has 6 aromatic heterocycles. The maximum Gasteiger partial charge on any atom is 0.195 e. The van der Waals surface area contributed by atoms with Gasteiger partial charge in [-0.15, -0.1) is 0 Å². The van der Waals surface area contributed by atoms with Crippen molar-refractivity contribution < 1.29 is 8.83 Å². The summed E-state index contributed by atoms with van der Waals surface area (Å²) in [6.45, 7) is 2.18. The van der Waals surface area contributed by atoms with Gasteiger partial charge >= 0.3 is 0 Å². The fourth-order valence-electron chi connectivity index (χ4n) is 7.00. The average Bonchev–Trinajstić information content (AvgIpc) is 3.70. The van der Waals surface area contributed by atoms with E-state index in [0.717, 1.165) is 68.4 Å². The van der Waals surface area contributed by atoms with Gasteiger partial charge in [0.25, 0.3) is 0 Å². The number of fused-ring (bicyclic) bond motifs is 2. The smallest absolute Gasteiger partial charge is 0.195 e. The predicted molar refractivity (Wildman–Crippen MR) is 203 cm³/mol. The SMILES string of the molecule is CC(Cc1ncc(-c2ccc(C#N)nc2-c2ccc3cccnc3c2)o1)Cc1ccnc2cc(-c3nc(C#N)ccc3-c3cnc(CC4CC4)o3)ccc12. The monoisotopic (exact) mass is 704 g/mol. The van der Waals surface area contributed by atoms with Crippen molar-refractivity contribution in [3.63, 3.8) is 0 Å². The van der Waals surface area contributed by atoms with Gasteiger partial charge < -0.3 is 8.83 Å². The van der Waals surface area contributed by atoms with E-state index in [4.69, 9.17) is 18.8 Å². The minimum Gasteiger partial charge on any atom is -0.441 e. The predicted octanol–water partition coefficient (Wildman–Crippen LogP) is 9.33. The summed E-state index contributed by atoms with van der Waals surface area (Å²) in [7, 11) is 0. The van der Waals surface area contributed by atoms with Crippen LogP contribution in [0.2, 0.25) is 0 Å². The molecule has 260 valence electrons. The highest BCUT2D eigenvalue weighted by molar-refractivity contribution is 5.89. The van der Waals surface area contributed by atoms with E-state index in [1.807, 2.05) is 60.8 Å². The standard InChI is InChI=1S/C44H32N8O2/c1-26(18-41-49-24-39(53-41)35-12-9-32(22-45)51-43(35)30-7-6-28-3-2-15-47-37(28)20-30)17-29-14-16-48-38-21-31(8-11-34(29)38)44-36(13-10-33(23-46)52-44)40-25-50-42(54-40)19-27-4-5-27/h2-3,6-16,20-21,24-27H,4-5,17-19H2,1H3. The van der Waals surface area contributed by atoms with Crippen molar-refractivity contribution in [1.29, 1.82) is 10.5 Å². The molecule has 0 radical (unpaired) electrons. The summed E-state index contributed by atoms with van der Waals surface area (Å²) in [6.07, 6.45) is 11.8. The summed E-state index contributed by atoms with van der Waals surface area (Å²) in [4.78, 5) is 27.7. The molecule has 0 spiro atoms. The Bertz CT molecular complexity index is 2790. The van der Waals surface area contributed by atoms with E-state index in [2.05, 4.69) is 51.1 Å². The highest BCUT2D eigenvalue weighted by Crippen LogP contribution is 2.37. The van der Waals surface area contributed by atoms with E-state index in [0.29, 0.717) is 52.5 Å². The molecule has 2 aromatic carbocycles. The number of pyridine rings is 4. The zero-order chi connectivity index (χ0) is 36.6. The second-order valence-electron chi connectivity index (χ2n) is 13.9. The number of hydrogen-bond donors (Lipinski definition) is 0. The van der Waals surface area contributed by atoms with E-state index >= 15 is 0 Å². The number of nitriles is 2. The van der Waals surface area contributed by atoms with Gasteiger partial charge in [0.05, 0.1) is 34.8 Å². The second kappa shape index (κ2) is 13.8. The van der Waals surface area contributed by atoms with Crippen LogP contribution in [0.15, 0.2) is 112 Å². The first-order chi connectivity index (χ1) is 26.5. The fraction of sp³-hybridized carbons (Fsp3) is 0.182. The Balaban J connectivity index is 0.961. The average molecular weight is 705 g/mol. The number of nitrogens with zero attached hydrogens (tertiary/aromatic N) is 8. The van der Waals surface area contributed by atoms with Gasteiger partial charge in [0.1, 0.15) is 23.5 Å². The first kappa shape index (κ1) is 32.8. The van der Waals surface area contributed by atoms with Crippen LogP contribution in [0.3, 0.4) is 0 Å². The molecule has 9 rings (SSSR count). The molecule has 1 aliphatic carbocycles. The summed E-state index contributed by atoms with van der Waals surface area (Å²) in [5, 5.41) is 21.3. The van der Waals surface area contributed by atoms with Crippen molar-refractivity contribution >= 4 is 21.8 Å². The maximum absolute atomic E-state index is 9.66. The molecule has 10 nitrogen and oxygen atoms in total. The molecule has 1 atom stereocenters. The zero-order valence-corrected chi connectivity index (χ0v) is 29.4. The van der Waals surface area contributed by atoms with Gasteiger partial charge in [-0.3, -0.25) is 9.97 Å². The van der Waals surface area contributed by atoms with Gasteiger partial charge in [0.15, 0.2) is 23.3 Å². The van der Waals surface area contributed by atoms with E-state index in [-0.39, 0.29) is 5.92 Å². The van der Waals surface area contributed by atoms with Crippen LogP contribution in [0.5, 0.6) is 0 Å². The number of hydrogen-bond acceptors (Lipinski definition) is 10. The molecule has 1 aliphatic rings. The van der Waals surface area contributed by atoms with Crippen molar-refractivity contribution in [2.24, 2.45) is 11.8 Å². The molecule has 1 saturated carbocycles. The van der Waals surface area contributed by atoms with Gasteiger partial charge in [-0.05, 0) is 85.2 Å². The first-order valence-corrected chi connectivity index (χ1v) is 18.0. The summed E-state index contributed by atoms with van der Waals surface area (Å²) >= 11 is 0. The van der Waals surface area contributed by atoms with Crippen LogP contribution in [0.25, 0.3) is 67.0 Å². The maximum atomic E-state index is 9.66. The molecule has 1 fully saturated rings. The van der Waals surface area contributed by atoms with E-state index in [9.17, 15) is 10.5 Å². The largest absolute Gasteiger partial charge is 0.441 e. The molecule has 1 unspecified atom stereocenters. The van der Waals surface area contributed by atoms with E-state index < -0.39 is 0 Å². The van der Waals surface area contributed by atoms with Gasteiger partial charge in [0.2, 0.25) is 0 Å². The minimum absolute atomic E-state index is 0.198. The van der Waals surface area contributed by atoms with Crippen LogP contribution in [-0.2, 0) is 19.3 Å². The third-order valence-corrected chi connectivity index (χ3v) is 9.90. The molecule has 0 bridgehead atoms. The summed E-state index contributed by atoms with van der Waals surface area (Å²) in [6, 6.07) is 29.5. The van der Waals surface area contributed by atoms with Crippen LogP contribution >= 0.6 is 0 Å². The number of benzene rings is 2. The highest BCUT2D eigenvalue weighted by Gasteiger charge is 2.25. The number of rotatable bonds is 10. The quantitative estimate of drug-likeness (QED) is 0.135. The summed E-state index contributed by atoms with van der Waals surface area (Å²) in [5.74, 6) is 3.44. The van der Waals surface area contributed by atoms with Crippen LogP contribution in [0.4, 0.5) is 0 Å². The molecule has 0 N–H and O–H groups in total. The molecular formula is C44H32N8O2. The minimum atomic E-state index is 0.198. The van der Waals surface area contributed by atoms with Crippen LogP contribution < -0.4 is 0 Å². The normalized spacial score (nSPS) is 13.2. The Morgan fingerprint density at radius 1 is 0.685 bits per heavy atom. The van der Waals surface area contributed by atoms with Gasteiger partial charge in [-0.25, -0.2) is 19.9 Å².